The van der Waals surface area contributed by atoms with Crippen LogP contribution < -0.4 is 33.3 Å². The number of carbonyl (C=O) groups is 1. The minimum absolute atomic E-state index is 0.0849. The van der Waals surface area contributed by atoms with Gasteiger partial charge in [-0.15, -0.1) is 0 Å². The first-order valence-corrected chi connectivity index (χ1v) is 14.2. The summed E-state index contributed by atoms with van der Waals surface area (Å²) in [5, 5.41) is 2.83. The summed E-state index contributed by atoms with van der Waals surface area (Å²) >= 11 is 0. The highest BCUT2D eigenvalue weighted by Crippen LogP contribution is 2.37. The van der Waals surface area contributed by atoms with Crippen molar-refractivity contribution < 1.29 is 36.9 Å². The molecule has 0 aliphatic heterocycles. The summed E-state index contributed by atoms with van der Waals surface area (Å²) in [5.74, 6) is 1.60. The number of anilines is 1. The largest absolute Gasteiger partial charge is 0.497 e. The van der Waals surface area contributed by atoms with E-state index in [0.29, 0.717) is 31.1 Å². The highest BCUT2D eigenvalue weighted by molar-refractivity contribution is 7.92. The number of nitrogens with one attached hydrogen (secondary N) is 1. The number of methoxy groups -OCH3 is 4. The first-order chi connectivity index (χ1) is 19.3. The zero-order valence-corrected chi connectivity index (χ0v) is 24.2. The van der Waals surface area contributed by atoms with Crippen molar-refractivity contribution in [1.82, 2.24) is 5.32 Å². The third kappa shape index (κ3) is 7.50. The Balaban J connectivity index is 1.82. The Bertz CT molecular complexity index is 1380. The Morgan fingerprint density at radius 3 is 2.08 bits per heavy atom. The minimum Gasteiger partial charge on any atom is -0.497 e. The molecule has 40 heavy (non-hydrogen) atoms. The topological polar surface area (TPSA) is 113 Å². The van der Waals surface area contributed by atoms with E-state index in [1.54, 1.807) is 12.1 Å². The van der Waals surface area contributed by atoms with E-state index >= 15 is 0 Å². The smallest absolute Gasteiger partial charge is 0.265 e. The number of ether oxygens (including phenoxy) is 5. The van der Waals surface area contributed by atoms with E-state index in [-0.39, 0.29) is 22.1 Å². The van der Waals surface area contributed by atoms with Crippen LogP contribution in [0.2, 0.25) is 0 Å². The lowest BCUT2D eigenvalue weighted by Gasteiger charge is -2.26. The lowest BCUT2D eigenvalue weighted by atomic mass is 10.1. The van der Waals surface area contributed by atoms with Crippen LogP contribution in [0, 0.1) is 0 Å². The molecular weight excluding hydrogens is 536 g/mol. The molecule has 3 rings (SSSR count). The minimum atomic E-state index is -4.26. The molecule has 0 saturated heterocycles. The Morgan fingerprint density at radius 1 is 0.800 bits per heavy atom. The predicted molar refractivity (Wildman–Crippen MR) is 153 cm³/mol. The van der Waals surface area contributed by atoms with E-state index in [1.165, 1.54) is 52.7 Å². The van der Waals surface area contributed by atoms with Gasteiger partial charge in [-0.05, 0) is 61.7 Å². The van der Waals surface area contributed by atoms with Crippen LogP contribution in [-0.2, 0) is 21.2 Å². The molecule has 0 aliphatic carbocycles. The van der Waals surface area contributed by atoms with E-state index in [1.807, 2.05) is 31.2 Å². The summed E-state index contributed by atoms with van der Waals surface area (Å²) in [6.07, 6.45) is 1.41. The zero-order valence-electron chi connectivity index (χ0n) is 23.4. The first-order valence-electron chi connectivity index (χ1n) is 12.7. The van der Waals surface area contributed by atoms with Gasteiger partial charge in [0, 0.05) is 18.7 Å². The van der Waals surface area contributed by atoms with Crippen molar-refractivity contribution in [2.45, 2.75) is 24.7 Å². The van der Waals surface area contributed by atoms with Crippen LogP contribution >= 0.6 is 0 Å². The molecule has 3 aromatic carbocycles. The van der Waals surface area contributed by atoms with Crippen molar-refractivity contribution in [1.29, 1.82) is 0 Å². The highest BCUT2D eigenvalue weighted by atomic mass is 32.2. The van der Waals surface area contributed by atoms with Crippen molar-refractivity contribution in [3.05, 3.63) is 66.2 Å². The fourth-order valence-corrected chi connectivity index (χ4v) is 5.46. The summed E-state index contributed by atoms with van der Waals surface area (Å²) in [5.41, 5.74) is 1.26. The quantitative estimate of drug-likeness (QED) is 0.271. The molecule has 0 aromatic heterocycles. The molecule has 10 nitrogen and oxygen atoms in total. The van der Waals surface area contributed by atoms with E-state index in [9.17, 15) is 13.2 Å². The van der Waals surface area contributed by atoms with Gasteiger partial charge in [0.1, 0.15) is 23.8 Å². The molecule has 0 saturated carbocycles. The molecule has 0 unspecified atom stereocenters. The summed E-state index contributed by atoms with van der Waals surface area (Å²) < 4.78 is 55.6. The number of benzene rings is 3. The Labute approximate surface area is 235 Å². The molecule has 1 amide bonds. The van der Waals surface area contributed by atoms with Crippen molar-refractivity contribution in [2.24, 2.45) is 0 Å². The zero-order chi connectivity index (χ0) is 29.1. The number of sulfonamides is 1. The number of hydrogen-bond donors (Lipinski definition) is 1. The average Bonchev–Trinajstić information content (AvgIpc) is 2.98. The molecule has 0 bridgehead atoms. The number of nitrogens with zero attached hydrogens (tertiary/aromatic N) is 1. The predicted octanol–water partition coefficient (Wildman–Crippen LogP) is 4.06. The van der Waals surface area contributed by atoms with Crippen LogP contribution in [0.15, 0.2) is 65.6 Å². The third-order valence-electron chi connectivity index (χ3n) is 6.08. The van der Waals surface area contributed by atoms with Crippen molar-refractivity contribution in [3.63, 3.8) is 0 Å². The van der Waals surface area contributed by atoms with Gasteiger partial charge in [0.05, 0.1) is 45.6 Å². The molecule has 0 spiro atoms. The van der Waals surface area contributed by atoms with E-state index in [2.05, 4.69) is 5.32 Å². The van der Waals surface area contributed by atoms with Gasteiger partial charge in [0.15, 0.2) is 11.5 Å². The molecule has 0 heterocycles. The van der Waals surface area contributed by atoms with Crippen molar-refractivity contribution in [2.75, 3.05) is 52.4 Å². The normalized spacial score (nSPS) is 10.9. The molecule has 3 aromatic rings. The second-order valence-corrected chi connectivity index (χ2v) is 10.5. The van der Waals surface area contributed by atoms with Gasteiger partial charge in [-0.3, -0.25) is 9.10 Å². The lowest BCUT2D eigenvalue weighted by molar-refractivity contribution is -0.119. The second-order valence-electron chi connectivity index (χ2n) is 8.60. The van der Waals surface area contributed by atoms with Crippen LogP contribution in [0.25, 0.3) is 0 Å². The van der Waals surface area contributed by atoms with E-state index < -0.39 is 22.5 Å². The maximum Gasteiger partial charge on any atom is 0.265 e. The molecule has 1 N–H and O–H groups in total. The van der Waals surface area contributed by atoms with Gasteiger partial charge < -0.3 is 29.0 Å². The number of amides is 1. The highest BCUT2D eigenvalue weighted by Gasteiger charge is 2.31. The molecule has 0 fully saturated rings. The van der Waals surface area contributed by atoms with Gasteiger partial charge in [0.2, 0.25) is 5.91 Å². The molecule has 11 heteroatoms. The number of carbonyl (C=O) groups excluding carboxylic acids is 1. The van der Waals surface area contributed by atoms with Crippen LogP contribution in [0.1, 0.15) is 18.9 Å². The van der Waals surface area contributed by atoms with E-state index in [0.717, 1.165) is 22.0 Å². The van der Waals surface area contributed by atoms with Crippen molar-refractivity contribution in [3.8, 4) is 28.7 Å². The molecule has 0 atom stereocenters. The Kier molecular flexibility index (Phi) is 10.9. The molecular formula is C29H36N2O8S. The Morgan fingerprint density at radius 2 is 1.45 bits per heavy atom. The van der Waals surface area contributed by atoms with Crippen LogP contribution in [0.5, 0.6) is 28.7 Å². The molecule has 216 valence electrons. The summed E-state index contributed by atoms with van der Waals surface area (Å²) in [4.78, 5) is 13.0. The third-order valence-corrected chi connectivity index (χ3v) is 7.84. The lowest BCUT2D eigenvalue weighted by Crippen LogP contribution is -2.41. The van der Waals surface area contributed by atoms with E-state index in [4.69, 9.17) is 23.7 Å². The summed E-state index contributed by atoms with van der Waals surface area (Å²) in [6, 6.07) is 16.8. The van der Waals surface area contributed by atoms with Crippen LogP contribution in [0.4, 0.5) is 5.69 Å². The van der Waals surface area contributed by atoms with Gasteiger partial charge in [-0.1, -0.05) is 12.1 Å². The molecule has 0 aliphatic rings. The summed E-state index contributed by atoms with van der Waals surface area (Å²) in [7, 11) is 1.51. The van der Waals surface area contributed by atoms with Crippen LogP contribution in [0.3, 0.4) is 0 Å². The van der Waals surface area contributed by atoms with Crippen LogP contribution in [-0.4, -0.2) is 62.5 Å². The standard InChI is InChI=1S/C29H36N2O8S/c1-6-39-22-11-9-21(10-12-22)8-7-17-30-29(32)20-31(25-18-23(35-2)13-15-26(25)36-3)40(33,34)24-14-16-27(37-4)28(19-24)38-5/h9-16,18-19H,6-8,17,20H2,1-5H3,(H,30,32). The SMILES string of the molecule is CCOc1ccc(CCCNC(=O)CN(c2cc(OC)ccc2OC)S(=O)(=O)c2ccc(OC)c(OC)c2)cc1. The number of aryl methyl sites for hydroxylation is 1. The second kappa shape index (κ2) is 14.3. The fourth-order valence-electron chi connectivity index (χ4n) is 4.02. The van der Waals surface area contributed by atoms with Crippen molar-refractivity contribution >= 4 is 21.6 Å². The molecule has 0 radical (unpaired) electrons. The maximum absolute atomic E-state index is 13.9. The van der Waals surface area contributed by atoms with Gasteiger partial charge >= 0.3 is 0 Å². The fraction of sp³-hybridized carbons (Fsp3) is 0.345. The monoisotopic (exact) mass is 572 g/mol. The number of rotatable bonds is 15. The van der Waals surface area contributed by atoms with Gasteiger partial charge in [-0.25, -0.2) is 8.42 Å². The maximum atomic E-state index is 13.9. The van der Waals surface area contributed by atoms with Gasteiger partial charge in [-0.2, -0.15) is 0 Å². The first kappa shape index (κ1) is 30.4. The Hall–Kier alpha value is -4.12. The van der Waals surface area contributed by atoms with Gasteiger partial charge in [0.25, 0.3) is 10.0 Å². The number of hydrogen-bond acceptors (Lipinski definition) is 8. The average molecular weight is 573 g/mol. The summed E-state index contributed by atoms with van der Waals surface area (Å²) in [6.45, 7) is 2.42.